The van der Waals surface area contributed by atoms with Crippen LogP contribution < -0.4 is 0 Å². The first-order valence-electron chi connectivity index (χ1n) is 18.0. The summed E-state index contributed by atoms with van der Waals surface area (Å²) in [5.74, 6) is 2.23. The zero-order valence-corrected chi connectivity index (χ0v) is 29.4. The zero-order valence-electron chi connectivity index (χ0n) is 29.4. The van der Waals surface area contributed by atoms with Crippen LogP contribution in [0.25, 0.3) is 0 Å². The van der Waals surface area contributed by atoms with E-state index in [1.165, 1.54) is 64.2 Å². The molecule has 0 aromatic rings. The molecule has 42 heavy (non-hydrogen) atoms. The Labute approximate surface area is 262 Å². The fraction of sp³-hybridized carbons (Fsp3) is 0.944. The number of ether oxygens (including phenoxy) is 2. The molecule has 0 N–H and O–H groups in total. The highest BCUT2D eigenvalue weighted by molar-refractivity contribution is 5.78. The maximum Gasteiger partial charge on any atom is 0.248 e. The van der Waals surface area contributed by atoms with E-state index in [-0.39, 0.29) is 25.0 Å². The molecule has 0 aliphatic rings. The highest BCUT2D eigenvalue weighted by Gasteiger charge is 2.22. The monoisotopic (exact) mass is 597 g/mol. The largest absolute Gasteiger partial charge is 0.369 e. The molecule has 0 saturated heterocycles. The van der Waals surface area contributed by atoms with Crippen LogP contribution in [-0.4, -0.2) is 74.2 Å². The van der Waals surface area contributed by atoms with Crippen LogP contribution in [0.4, 0.5) is 0 Å². The Morgan fingerprint density at radius 3 is 1.17 bits per heavy atom. The van der Waals surface area contributed by atoms with E-state index in [2.05, 4.69) is 65.2 Å². The molecule has 0 aliphatic carbocycles. The van der Waals surface area contributed by atoms with Crippen LogP contribution in [0, 0.1) is 23.7 Å². The van der Waals surface area contributed by atoms with Crippen molar-refractivity contribution in [2.45, 2.75) is 145 Å². The molecule has 0 saturated carbocycles. The lowest BCUT2D eigenvalue weighted by Crippen LogP contribution is -2.41. The number of hydrogen-bond donors (Lipinski definition) is 0. The Morgan fingerprint density at radius 1 is 0.524 bits per heavy atom. The van der Waals surface area contributed by atoms with Crippen LogP contribution in [0.5, 0.6) is 0 Å². The second-order valence-electron chi connectivity index (χ2n) is 13.0. The first kappa shape index (κ1) is 40.9. The average Bonchev–Trinajstić information content (AvgIpc) is 2.99. The third-order valence-corrected chi connectivity index (χ3v) is 8.74. The molecular weight excluding hydrogens is 524 g/mol. The maximum atomic E-state index is 13.2. The molecule has 6 nitrogen and oxygen atoms in total. The lowest BCUT2D eigenvalue weighted by Gasteiger charge is -2.30. The summed E-state index contributed by atoms with van der Waals surface area (Å²) in [7, 11) is 0. The van der Waals surface area contributed by atoms with E-state index in [0.717, 1.165) is 51.9 Å². The topological polar surface area (TPSA) is 59.1 Å². The van der Waals surface area contributed by atoms with E-state index in [4.69, 9.17) is 9.47 Å². The van der Waals surface area contributed by atoms with Gasteiger partial charge in [-0.15, -0.1) is 0 Å². The van der Waals surface area contributed by atoms with Crippen molar-refractivity contribution in [3.05, 3.63) is 0 Å². The predicted octanol–water partition coefficient (Wildman–Crippen LogP) is 8.76. The van der Waals surface area contributed by atoms with Crippen LogP contribution >= 0.6 is 0 Å². The molecule has 2 amide bonds. The van der Waals surface area contributed by atoms with Gasteiger partial charge in [0.2, 0.25) is 11.8 Å². The maximum absolute atomic E-state index is 13.2. The molecule has 0 bridgehead atoms. The van der Waals surface area contributed by atoms with Crippen LogP contribution in [0.3, 0.4) is 0 Å². The number of carbonyl (C=O) groups excluding carboxylic acids is 2. The summed E-state index contributed by atoms with van der Waals surface area (Å²) in [6, 6.07) is 0. The van der Waals surface area contributed by atoms with E-state index in [1.807, 2.05) is 0 Å². The van der Waals surface area contributed by atoms with Gasteiger partial charge in [0.05, 0.1) is 13.2 Å². The second kappa shape index (κ2) is 27.4. The van der Waals surface area contributed by atoms with Crippen LogP contribution in [0.1, 0.15) is 145 Å². The zero-order chi connectivity index (χ0) is 31.6. The van der Waals surface area contributed by atoms with Gasteiger partial charge in [0.25, 0.3) is 0 Å². The first-order valence-corrected chi connectivity index (χ1v) is 18.0. The normalized spacial score (nSPS) is 14.4. The molecule has 0 aromatic carbocycles. The summed E-state index contributed by atoms with van der Waals surface area (Å²) < 4.78 is 11.5. The number of rotatable bonds is 29. The van der Waals surface area contributed by atoms with Gasteiger partial charge in [-0.2, -0.15) is 0 Å². The van der Waals surface area contributed by atoms with Gasteiger partial charge in [0, 0.05) is 26.2 Å². The molecule has 4 unspecified atom stereocenters. The molecular formula is C36H72N2O4. The highest BCUT2D eigenvalue weighted by Crippen LogP contribution is 2.19. The van der Waals surface area contributed by atoms with Crippen LogP contribution in [0.2, 0.25) is 0 Å². The summed E-state index contributed by atoms with van der Waals surface area (Å²) >= 11 is 0. The van der Waals surface area contributed by atoms with Crippen molar-refractivity contribution in [2.75, 3.05) is 52.6 Å². The second-order valence-corrected chi connectivity index (χ2v) is 13.0. The molecule has 0 spiro atoms. The molecule has 0 fully saturated rings. The fourth-order valence-corrected chi connectivity index (χ4v) is 5.67. The number of nitrogens with zero attached hydrogens (tertiary/aromatic N) is 2. The lowest BCUT2D eigenvalue weighted by atomic mass is 9.97. The van der Waals surface area contributed by atoms with E-state index in [1.54, 1.807) is 0 Å². The van der Waals surface area contributed by atoms with E-state index >= 15 is 0 Å². The minimum absolute atomic E-state index is 0.0781. The highest BCUT2D eigenvalue weighted by atomic mass is 16.5. The molecule has 0 aromatic heterocycles. The standard InChI is InChI=1S/C36H72N2O4/c1-9-15-19-31(7)25-37(27-33(13-5)21-17-11-3)35(39)29-41-23-24-42-30-36(40)38(26-32(8)20-16-10-2)28-34(14-6)22-18-12-4/h31-34H,9-30H2,1-8H3. The molecule has 0 heterocycles. The van der Waals surface area contributed by atoms with Crippen LogP contribution in [-0.2, 0) is 19.1 Å². The summed E-state index contributed by atoms with van der Waals surface area (Å²) in [6.07, 6.45) is 16.4. The fourth-order valence-electron chi connectivity index (χ4n) is 5.67. The predicted molar refractivity (Wildman–Crippen MR) is 179 cm³/mol. The van der Waals surface area contributed by atoms with Crippen molar-refractivity contribution in [3.8, 4) is 0 Å². The van der Waals surface area contributed by atoms with Gasteiger partial charge in [0.15, 0.2) is 0 Å². The molecule has 0 radical (unpaired) electrons. The van der Waals surface area contributed by atoms with Crippen LogP contribution in [0.15, 0.2) is 0 Å². The molecule has 0 aliphatic heterocycles. The SMILES string of the molecule is CCCCC(C)CN(CC(CC)CCCC)C(=O)COCCOCC(=O)N(CC(C)CCCC)CC(CC)CCCC. The van der Waals surface area contributed by atoms with E-state index in [9.17, 15) is 9.59 Å². The summed E-state index contributed by atoms with van der Waals surface area (Å²) in [4.78, 5) is 30.5. The van der Waals surface area contributed by atoms with Crippen molar-refractivity contribution in [3.63, 3.8) is 0 Å². The van der Waals surface area contributed by atoms with Gasteiger partial charge in [-0.05, 0) is 49.4 Å². The van der Waals surface area contributed by atoms with Gasteiger partial charge < -0.3 is 19.3 Å². The van der Waals surface area contributed by atoms with Crippen molar-refractivity contribution in [1.29, 1.82) is 0 Å². The minimum atomic E-state index is 0.0781. The average molecular weight is 597 g/mol. The van der Waals surface area contributed by atoms with Crippen molar-refractivity contribution >= 4 is 11.8 Å². The van der Waals surface area contributed by atoms with Gasteiger partial charge in [-0.25, -0.2) is 0 Å². The number of hydrogen-bond acceptors (Lipinski definition) is 4. The lowest BCUT2D eigenvalue weighted by molar-refractivity contribution is -0.141. The third-order valence-electron chi connectivity index (χ3n) is 8.74. The summed E-state index contributed by atoms with van der Waals surface area (Å²) in [6.45, 7) is 22.0. The van der Waals surface area contributed by atoms with Crippen molar-refractivity contribution in [1.82, 2.24) is 9.80 Å². The third kappa shape index (κ3) is 20.7. The van der Waals surface area contributed by atoms with Gasteiger partial charge >= 0.3 is 0 Å². The van der Waals surface area contributed by atoms with Gasteiger partial charge in [-0.3, -0.25) is 9.59 Å². The molecule has 0 rings (SSSR count). The molecule has 6 heteroatoms. The molecule has 250 valence electrons. The number of carbonyl (C=O) groups is 2. The van der Waals surface area contributed by atoms with Gasteiger partial charge in [-0.1, -0.05) is 120 Å². The molecule has 4 atom stereocenters. The Hall–Kier alpha value is -1.14. The summed E-state index contributed by atoms with van der Waals surface area (Å²) in [5.41, 5.74) is 0. The van der Waals surface area contributed by atoms with Crippen molar-refractivity contribution < 1.29 is 19.1 Å². The quantitative estimate of drug-likeness (QED) is 0.0810. The smallest absolute Gasteiger partial charge is 0.248 e. The van der Waals surface area contributed by atoms with E-state index in [0.29, 0.717) is 36.9 Å². The Kier molecular flexibility index (Phi) is 26.7. The minimum Gasteiger partial charge on any atom is -0.369 e. The Bertz CT molecular complexity index is 590. The Balaban J connectivity index is 4.85. The Morgan fingerprint density at radius 2 is 0.857 bits per heavy atom. The first-order chi connectivity index (χ1) is 20.3. The van der Waals surface area contributed by atoms with E-state index < -0.39 is 0 Å². The van der Waals surface area contributed by atoms with Crippen molar-refractivity contribution in [2.24, 2.45) is 23.7 Å². The summed E-state index contributed by atoms with van der Waals surface area (Å²) in [5, 5.41) is 0. The van der Waals surface area contributed by atoms with Gasteiger partial charge in [0.1, 0.15) is 13.2 Å². The number of unbranched alkanes of at least 4 members (excludes halogenated alkanes) is 4. The number of amides is 2.